The fourth-order valence-electron chi connectivity index (χ4n) is 2.38. The summed E-state index contributed by atoms with van der Waals surface area (Å²) in [6.07, 6.45) is 2.08. The highest BCUT2D eigenvalue weighted by molar-refractivity contribution is 6.30. The topological polar surface area (TPSA) is 21.3 Å². The standard InChI is InChI=1S/C14H19ClFNO/c1-2-6-17-14(11-5-7-18-9-11)10-3-4-12(15)13(16)8-10/h3-4,8,11,14,17H,2,5-7,9H2,1H3. The highest BCUT2D eigenvalue weighted by Crippen LogP contribution is 2.30. The SMILES string of the molecule is CCCNC(c1ccc(Cl)c(F)c1)C1CCOC1. The van der Waals surface area contributed by atoms with Crippen LogP contribution in [0.25, 0.3) is 0 Å². The molecule has 4 heteroatoms. The molecule has 0 radical (unpaired) electrons. The minimum atomic E-state index is -0.351. The van der Waals surface area contributed by atoms with Gasteiger partial charge >= 0.3 is 0 Å². The first-order valence-corrected chi connectivity index (χ1v) is 6.86. The lowest BCUT2D eigenvalue weighted by Crippen LogP contribution is -2.29. The summed E-state index contributed by atoms with van der Waals surface area (Å²) in [5, 5.41) is 3.66. The molecule has 1 aliphatic rings. The van der Waals surface area contributed by atoms with E-state index in [9.17, 15) is 4.39 Å². The molecular weight excluding hydrogens is 253 g/mol. The molecule has 1 aliphatic heterocycles. The Morgan fingerprint density at radius 3 is 3.00 bits per heavy atom. The van der Waals surface area contributed by atoms with Gasteiger partial charge in [0.15, 0.2) is 0 Å². The molecule has 18 heavy (non-hydrogen) atoms. The van der Waals surface area contributed by atoms with Gasteiger partial charge in [-0.25, -0.2) is 4.39 Å². The molecule has 1 fully saturated rings. The van der Waals surface area contributed by atoms with Crippen molar-refractivity contribution in [1.29, 1.82) is 0 Å². The first kappa shape index (κ1) is 13.8. The lowest BCUT2D eigenvalue weighted by molar-refractivity contribution is 0.176. The van der Waals surface area contributed by atoms with E-state index in [1.807, 2.05) is 6.07 Å². The average Bonchev–Trinajstić information content (AvgIpc) is 2.88. The minimum Gasteiger partial charge on any atom is -0.381 e. The Kier molecular flexibility index (Phi) is 4.98. The smallest absolute Gasteiger partial charge is 0.142 e. The van der Waals surface area contributed by atoms with Gasteiger partial charge in [0, 0.05) is 18.6 Å². The van der Waals surface area contributed by atoms with E-state index in [2.05, 4.69) is 12.2 Å². The van der Waals surface area contributed by atoms with Gasteiger partial charge in [-0.2, -0.15) is 0 Å². The summed E-state index contributed by atoms with van der Waals surface area (Å²) in [4.78, 5) is 0. The summed E-state index contributed by atoms with van der Waals surface area (Å²) >= 11 is 5.73. The zero-order valence-electron chi connectivity index (χ0n) is 10.6. The van der Waals surface area contributed by atoms with Crippen LogP contribution in [0.3, 0.4) is 0 Å². The molecule has 2 unspecified atom stereocenters. The molecule has 0 spiro atoms. The molecule has 2 atom stereocenters. The predicted octanol–water partition coefficient (Wildman–Crippen LogP) is 3.56. The minimum absolute atomic E-state index is 0.152. The third-order valence-corrected chi connectivity index (χ3v) is 3.66. The molecule has 1 aromatic carbocycles. The van der Waals surface area contributed by atoms with Crippen molar-refractivity contribution in [2.75, 3.05) is 19.8 Å². The molecule has 0 amide bonds. The summed E-state index contributed by atoms with van der Waals surface area (Å²) in [7, 11) is 0. The molecule has 0 bridgehead atoms. The third-order valence-electron chi connectivity index (χ3n) is 3.35. The van der Waals surface area contributed by atoms with E-state index in [-0.39, 0.29) is 16.9 Å². The number of hydrogen-bond donors (Lipinski definition) is 1. The Morgan fingerprint density at radius 1 is 1.56 bits per heavy atom. The molecular formula is C14H19ClFNO. The van der Waals surface area contributed by atoms with Gasteiger partial charge in [0.1, 0.15) is 5.82 Å². The first-order chi connectivity index (χ1) is 8.72. The number of halogens is 2. The van der Waals surface area contributed by atoms with Crippen LogP contribution >= 0.6 is 11.6 Å². The van der Waals surface area contributed by atoms with Crippen LogP contribution in [0.1, 0.15) is 31.4 Å². The van der Waals surface area contributed by atoms with E-state index in [4.69, 9.17) is 16.3 Å². The van der Waals surface area contributed by atoms with Gasteiger partial charge in [0.25, 0.3) is 0 Å². The second kappa shape index (κ2) is 6.50. The van der Waals surface area contributed by atoms with Gasteiger partial charge in [-0.05, 0) is 37.1 Å². The Hall–Kier alpha value is -0.640. The van der Waals surface area contributed by atoms with Gasteiger partial charge in [0.2, 0.25) is 0 Å². The molecule has 2 rings (SSSR count). The normalized spacial score (nSPS) is 21.2. The Bertz CT molecular complexity index is 393. The zero-order chi connectivity index (χ0) is 13.0. The molecule has 1 heterocycles. The van der Waals surface area contributed by atoms with Crippen LogP contribution in [0.15, 0.2) is 18.2 Å². The van der Waals surface area contributed by atoms with Crippen LogP contribution in [0.2, 0.25) is 5.02 Å². The van der Waals surface area contributed by atoms with Gasteiger partial charge in [-0.1, -0.05) is 24.6 Å². The second-order valence-electron chi connectivity index (χ2n) is 4.73. The lowest BCUT2D eigenvalue weighted by Gasteiger charge is -2.24. The fraction of sp³-hybridized carbons (Fsp3) is 0.571. The molecule has 1 N–H and O–H groups in total. The van der Waals surface area contributed by atoms with E-state index in [1.54, 1.807) is 6.07 Å². The van der Waals surface area contributed by atoms with Gasteiger partial charge in [-0.15, -0.1) is 0 Å². The summed E-state index contributed by atoms with van der Waals surface area (Å²) in [5.74, 6) is 0.0634. The summed E-state index contributed by atoms with van der Waals surface area (Å²) in [5.41, 5.74) is 0.959. The lowest BCUT2D eigenvalue weighted by atomic mass is 9.92. The van der Waals surface area contributed by atoms with Gasteiger partial charge in [0.05, 0.1) is 11.6 Å². The molecule has 1 aromatic rings. The molecule has 100 valence electrons. The average molecular weight is 272 g/mol. The maximum atomic E-state index is 13.6. The third kappa shape index (κ3) is 3.22. The second-order valence-corrected chi connectivity index (χ2v) is 5.14. The van der Waals surface area contributed by atoms with Crippen LogP contribution < -0.4 is 5.32 Å². The van der Waals surface area contributed by atoms with Crippen LogP contribution in [-0.4, -0.2) is 19.8 Å². The highest BCUT2D eigenvalue weighted by atomic mass is 35.5. The highest BCUT2D eigenvalue weighted by Gasteiger charge is 2.27. The first-order valence-electron chi connectivity index (χ1n) is 6.48. The van der Waals surface area contributed by atoms with Crippen molar-refractivity contribution in [3.63, 3.8) is 0 Å². The predicted molar refractivity (Wildman–Crippen MR) is 71.4 cm³/mol. The van der Waals surface area contributed by atoms with Crippen LogP contribution in [0, 0.1) is 11.7 Å². The van der Waals surface area contributed by atoms with Crippen LogP contribution in [0.4, 0.5) is 4.39 Å². The van der Waals surface area contributed by atoms with Gasteiger partial charge in [-0.3, -0.25) is 0 Å². The van der Waals surface area contributed by atoms with Crippen LogP contribution in [0.5, 0.6) is 0 Å². The van der Waals surface area contributed by atoms with Crippen molar-refractivity contribution < 1.29 is 9.13 Å². The summed E-state index contributed by atoms with van der Waals surface area (Å²) in [6.45, 7) is 4.58. The number of ether oxygens (including phenoxy) is 1. The molecule has 0 aromatic heterocycles. The Balaban J connectivity index is 2.17. The monoisotopic (exact) mass is 271 g/mol. The van der Waals surface area contributed by atoms with Crippen LogP contribution in [-0.2, 0) is 4.74 Å². The van der Waals surface area contributed by atoms with E-state index < -0.39 is 0 Å². The van der Waals surface area contributed by atoms with Crippen molar-refractivity contribution in [3.8, 4) is 0 Å². The van der Waals surface area contributed by atoms with Crippen molar-refractivity contribution in [3.05, 3.63) is 34.6 Å². The van der Waals surface area contributed by atoms with Crippen molar-refractivity contribution in [1.82, 2.24) is 5.32 Å². The Labute approximate surface area is 112 Å². The van der Waals surface area contributed by atoms with E-state index in [1.165, 1.54) is 6.07 Å². The van der Waals surface area contributed by atoms with Crippen molar-refractivity contribution in [2.24, 2.45) is 5.92 Å². The van der Waals surface area contributed by atoms with Crippen molar-refractivity contribution >= 4 is 11.6 Å². The molecule has 2 nitrogen and oxygen atoms in total. The molecule has 0 saturated carbocycles. The molecule has 0 aliphatic carbocycles. The van der Waals surface area contributed by atoms with E-state index in [0.29, 0.717) is 5.92 Å². The summed E-state index contributed by atoms with van der Waals surface area (Å²) in [6, 6.07) is 5.22. The number of nitrogens with one attached hydrogen (secondary N) is 1. The van der Waals surface area contributed by atoms with Crippen molar-refractivity contribution in [2.45, 2.75) is 25.8 Å². The van der Waals surface area contributed by atoms with E-state index >= 15 is 0 Å². The zero-order valence-corrected chi connectivity index (χ0v) is 11.3. The fourth-order valence-corrected chi connectivity index (χ4v) is 2.50. The quantitative estimate of drug-likeness (QED) is 0.884. The number of rotatable bonds is 5. The van der Waals surface area contributed by atoms with E-state index in [0.717, 1.165) is 38.2 Å². The number of benzene rings is 1. The van der Waals surface area contributed by atoms with Gasteiger partial charge < -0.3 is 10.1 Å². The maximum absolute atomic E-state index is 13.6. The maximum Gasteiger partial charge on any atom is 0.142 e. The Morgan fingerprint density at radius 2 is 2.39 bits per heavy atom. The number of hydrogen-bond acceptors (Lipinski definition) is 2. The summed E-state index contributed by atoms with van der Waals surface area (Å²) < 4.78 is 19.0. The largest absolute Gasteiger partial charge is 0.381 e. The molecule has 1 saturated heterocycles.